The summed E-state index contributed by atoms with van der Waals surface area (Å²) in [6.07, 6.45) is 5.32. The van der Waals surface area contributed by atoms with E-state index in [4.69, 9.17) is 23.2 Å². The van der Waals surface area contributed by atoms with E-state index in [1.165, 1.54) is 31.2 Å². The molecule has 2 nitrogen and oxygen atoms in total. The Bertz CT molecular complexity index is 522. The van der Waals surface area contributed by atoms with Crippen molar-refractivity contribution in [2.45, 2.75) is 57.2 Å². The highest BCUT2D eigenvalue weighted by molar-refractivity contribution is 6.42. The van der Waals surface area contributed by atoms with Gasteiger partial charge in [0.1, 0.15) is 0 Å². The van der Waals surface area contributed by atoms with Crippen LogP contribution >= 0.6 is 23.2 Å². The molecular formula is C17H24Cl2N2. The van der Waals surface area contributed by atoms with Crippen LogP contribution in [0.5, 0.6) is 0 Å². The van der Waals surface area contributed by atoms with E-state index < -0.39 is 0 Å². The number of nitrogens with zero attached hydrogens (tertiary/aromatic N) is 1. The third kappa shape index (κ3) is 3.24. The van der Waals surface area contributed by atoms with Gasteiger partial charge in [0.05, 0.1) is 10.0 Å². The highest BCUT2D eigenvalue weighted by atomic mass is 35.5. The van der Waals surface area contributed by atoms with Crippen LogP contribution in [-0.2, 0) is 6.54 Å². The lowest BCUT2D eigenvalue weighted by Gasteiger charge is -2.51. The van der Waals surface area contributed by atoms with Crippen molar-refractivity contribution in [2.75, 3.05) is 13.1 Å². The van der Waals surface area contributed by atoms with Crippen molar-refractivity contribution in [1.82, 2.24) is 10.2 Å². The zero-order chi connectivity index (χ0) is 15.1. The van der Waals surface area contributed by atoms with Gasteiger partial charge in [-0.2, -0.15) is 0 Å². The number of nitrogens with one attached hydrogen (secondary N) is 1. The maximum atomic E-state index is 6.16. The topological polar surface area (TPSA) is 15.3 Å². The van der Waals surface area contributed by atoms with Crippen LogP contribution in [0.4, 0.5) is 0 Å². The third-order valence-corrected chi connectivity index (χ3v) is 5.90. The average molecular weight is 327 g/mol. The second kappa shape index (κ2) is 5.73. The van der Waals surface area contributed by atoms with Crippen molar-refractivity contribution >= 4 is 23.2 Å². The summed E-state index contributed by atoms with van der Waals surface area (Å²) in [6.45, 7) is 7.75. The van der Waals surface area contributed by atoms with Gasteiger partial charge in [-0.1, -0.05) is 42.1 Å². The Morgan fingerprint density at radius 1 is 1.14 bits per heavy atom. The van der Waals surface area contributed by atoms with Gasteiger partial charge in [0, 0.05) is 30.7 Å². The zero-order valence-corrected chi connectivity index (χ0v) is 14.4. The van der Waals surface area contributed by atoms with Gasteiger partial charge in [-0.15, -0.1) is 0 Å². The second-order valence-electron chi connectivity index (χ2n) is 7.26. The van der Waals surface area contributed by atoms with E-state index in [0.29, 0.717) is 15.6 Å². The Hall–Kier alpha value is -0.280. The molecule has 1 aliphatic carbocycles. The summed E-state index contributed by atoms with van der Waals surface area (Å²) in [7, 11) is 0. The summed E-state index contributed by atoms with van der Waals surface area (Å²) in [5.41, 5.74) is 1.75. The maximum absolute atomic E-state index is 6.16. The average Bonchev–Trinajstić information content (AvgIpc) is 2.88. The van der Waals surface area contributed by atoms with Crippen molar-refractivity contribution in [3.8, 4) is 0 Å². The van der Waals surface area contributed by atoms with E-state index in [2.05, 4.69) is 30.1 Å². The summed E-state index contributed by atoms with van der Waals surface area (Å²) in [6, 6.07) is 6.00. The third-order valence-electron chi connectivity index (χ3n) is 5.16. The number of piperazine rings is 1. The van der Waals surface area contributed by atoms with Gasteiger partial charge < -0.3 is 5.32 Å². The molecule has 0 bridgehead atoms. The van der Waals surface area contributed by atoms with E-state index in [1.807, 2.05) is 12.1 Å². The van der Waals surface area contributed by atoms with Gasteiger partial charge >= 0.3 is 0 Å². The minimum absolute atomic E-state index is 0.167. The molecule has 4 heteroatoms. The fourth-order valence-corrected chi connectivity index (χ4v) is 3.99. The zero-order valence-electron chi connectivity index (χ0n) is 12.9. The standard InChI is InChI=1S/C17H24Cl2N2/c1-16(2)11-20-17(7-3-4-8-17)12-21(16)10-13-5-6-14(18)15(19)9-13/h5-6,9,20H,3-4,7-8,10-12H2,1-2H3. The monoisotopic (exact) mass is 326 g/mol. The summed E-state index contributed by atoms with van der Waals surface area (Å²) in [4.78, 5) is 2.61. The number of hydrogen-bond acceptors (Lipinski definition) is 2. The fraction of sp³-hybridized carbons (Fsp3) is 0.647. The number of hydrogen-bond donors (Lipinski definition) is 1. The molecule has 2 aliphatic rings. The molecule has 116 valence electrons. The van der Waals surface area contributed by atoms with E-state index in [1.54, 1.807) is 0 Å². The van der Waals surface area contributed by atoms with Gasteiger partial charge in [-0.05, 0) is 44.4 Å². The molecule has 1 aromatic rings. The highest BCUT2D eigenvalue weighted by Crippen LogP contribution is 2.36. The molecule has 1 heterocycles. The molecule has 1 spiro atoms. The van der Waals surface area contributed by atoms with Crippen molar-refractivity contribution in [3.05, 3.63) is 33.8 Å². The SMILES string of the molecule is CC1(C)CNC2(CCCC2)CN1Cc1ccc(Cl)c(Cl)c1. The summed E-state index contributed by atoms with van der Waals surface area (Å²) in [5, 5.41) is 5.11. The quantitative estimate of drug-likeness (QED) is 0.861. The molecule has 0 aromatic heterocycles. The molecule has 0 unspecified atom stereocenters. The predicted molar refractivity (Wildman–Crippen MR) is 90.2 cm³/mol. The minimum Gasteiger partial charge on any atom is -0.308 e. The van der Waals surface area contributed by atoms with Gasteiger partial charge in [0.2, 0.25) is 0 Å². The molecular weight excluding hydrogens is 303 g/mol. The van der Waals surface area contributed by atoms with Crippen LogP contribution in [0.15, 0.2) is 18.2 Å². The number of rotatable bonds is 2. The van der Waals surface area contributed by atoms with Gasteiger partial charge in [-0.25, -0.2) is 0 Å². The Morgan fingerprint density at radius 2 is 1.86 bits per heavy atom. The maximum Gasteiger partial charge on any atom is 0.0595 e. The number of benzene rings is 1. The first-order chi connectivity index (χ1) is 9.90. The van der Waals surface area contributed by atoms with Crippen molar-refractivity contribution in [3.63, 3.8) is 0 Å². The van der Waals surface area contributed by atoms with Crippen LogP contribution in [0.3, 0.4) is 0 Å². The van der Waals surface area contributed by atoms with Crippen LogP contribution in [0.25, 0.3) is 0 Å². The van der Waals surface area contributed by atoms with Crippen molar-refractivity contribution in [1.29, 1.82) is 0 Å². The van der Waals surface area contributed by atoms with Crippen LogP contribution in [-0.4, -0.2) is 29.1 Å². The Morgan fingerprint density at radius 3 is 2.52 bits per heavy atom. The molecule has 1 N–H and O–H groups in total. The van der Waals surface area contributed by atoms with Gasteiger partial charge in [-0.3, -0.25) is 4.90 Å². The van der Waals surface area contributed by atoms with E-state index >= 15 is 0 Å². The lowest BCUT2D eigenvalue weighted by atomic mass is 9.87. The molecule has 1 aromatic carbocycles. The van der Waals surface area contributed by atoms with Crippen molar-refractivity contribution in [2.24, 2.45) is 0 Å². The predicted octanol–water partition coefficient (Wildman–Crippen LogP) is 4.49. The molecule has 1 saturated carbocycles. The molecule has 0 amide bonds. The van der Waals surface area contributed by atoms with Crippen molar-refractivity contribution < 1.29 is 0 Å². The first kappa shape index (κ1) is 15.6. The van der Waals surface area contributed by atoms with Crippen LogP contribution in [0.2, 0.25) is 10.0 Å². The second-order valence-corrected chi connectivity index (χ2v) is 8.07. The minimum atomic E-state index is 0.167. The molecule has 1 aliphatic heterocycles. The summed E-state index contributed by atoms with van der Waals surface area (Å²) < 4.78 is 0. The molecule has 21 heavy (non-hydrogen) atoms. The Labute approximate surface area is 137 Å². The Balaban J connectivity index is 1.78. The smallest absolute Gasteiger partial charge is 0.0595 e. The molecule has 3 rings (SSSR count). The summed E-state index contributed by atoms with van der Waals surface area (Å²) >= 11 is 12.2. The lowest BCUT2D eigenvalue weighted by Crippen LogP contribution is -2.66. The first-order valence-corrected chi connectivity index (χ1v) is 8.60. The van der Waals surface area contributed by atoms with E-state index in [9.17, 15) is 0 Å². The normalized spacial score (nSPS) is 24.6. The van der Waals surface area contributed by atoms with Gasteiger partial charge in [0.25, 0.3) is 0 Å². The molecule has 1 saturated heterocycles. The fourth-order valence-electron chi connectivity index (χ4n) is 3.67. The molecule has 0 radical (unpaired) electrons. The number of halogens is 2. The highest BCUT2D eigenvalue weighted by Gasteiger charge is 2.43. The molecule has 0 atom stereocenters. The van der Waals surface area contributed by atoms with E-state index in [-0.39, 0.29) is 5.54 Å². The Kier molecular flexibility index (Phi) is 4.26. The van der Waals surface area contributed by atoms with Crippen LogP contribution in [0.1, 0.15) is 45.1 Å². The summed E-state index contributed by atoms with van der Waals surface area (Å²) in [5.74, 6) is 0. The first-order valence-electron chi connectivity index (χ1n) is 7.84. The molecule has 2 fully saturated rings. The van der Waals surface area contributed by atoms with E-state index in [0.717, 1.165) is 19.6 Å². The lowest BCUT2D eigenvalue weighted by molar-refractivity contribution is 0.0217. The van der Waals surface area contributed by atoms with Crippen LogP contribution in [0, 0.1) is 0 Å². The largest absolute Gasteiger partial charge is 0.308 e. The van der Waals surface area contributed by atoms with Gasteiger partial charge in [0.15, 0.2) is 0 Å². The van der Waals surface area contributed by atoms with Crippen LogP contribution < -0.4 is 5.32 Å².